The van der Waals surface area contributed by atoms with Crippen molar-refractivity contribution in [2.45, 2.75) is 38.8 Å². The van der Waals surface area contributed by atoms with Gasteiger partial charge in [-0.15, -0.1) is 0 Å². The van der Waals surface area contributed by atoms with Crippen molar-refractivity contribution in [2.75, 3.05) is 19.6 Å². The maximum atomic E-state index is 3.70. The minimum atomic E-state index is 0.418. The smallest absolute Gasteiger partial charge is 0.0455 e. The average molecular weight is 282 g/mol. The summed E-state index contributed by atoms with van der Waals surface area (Å²) in [6, 6.07) is 16.6. The van der Waals surface area contributed by atoms with Crippen LogP contribution in [0.1, 0.15) is 38.3 Å². The highest BCUT2D eigenvalue weighted by atomic mass is 15.2. The van der Waals surface area contributed by atoms with Gasteiger partial charge in [-0.1, -0.05) is 49.4 Å². The van der Waals surface area contributed by atoms with Crippen molar-refractivity contribution in [3.63, 3.8) is 0 Å². The average Bonchev–Trinajstić information content (AvgIpc) is 2.91. The Kier molecular flexibility index (Phi) is 4.57. The first-order valence-corrected chi connectivity index (χ1v) is 8.24. The van der Waals surface area contributed by atoms with Crippen molar-refractivity contribution < 1.29 is 0 Å². The van der Waals surface area contributed by atoms with E-state index in [0.29, 0.717) is 6.04 Å². The third-order valence-corrected chi connectivity index (χ3v) is 4.76. The van der Waals surface area contributed by atoms with Crippen LogP contribution in [0.15, 0.2) is 42.5 Å². The van der Waals surface area contributed by atoms with E-state index in [9.17, 15) is 0 Å². The number of hydrogen-bond acceptors (Lipinski definition) is 2. The first-order valence-electron chi connectivity index (χ1n) is 8.24. The molecule has 2 nitrogen and oxygen atoms in total. The van der Waals surface area contributed by atoms with Gasteiger partial charge in [0.25, 0.3) is 0 Å². The van der Waals surface area contributed by atoms with E-state index in [1.54, 1.807) is 0 Å². The van der Waals surface area contributed by atoms with Gasteiger partial charge in [-0.25, -0.2) is 0 Å². The van der Waals surface area contributed by atoms with E-state index in [1.807, 2.05) is 0 Å². The van der Waals surface area contributed by atoms with Gasteiger partial charge in [0.2, 0.25) is 0 Å². The van der Waals surface area contributed by atoms with Crippen molar-refractivity contribution in [1.29, 1.82) is 0 Å². The van der Waals surface area contributed by atoms with Gasteiger partial charge in [0.15, 0.2) is 0 Å². The third kappa shape index (κ3) is 3.12. The SMILES string of the molecule is CCNC(CN1CCCC1C)c1cccc2ccccc12. The van der Waals surface area contributed by atoms with Gasteiger partial charge in [0.05, 0.1) is 0 Å². The molecule has 2 unspecified atom stereocenters. The molecule has 1 N–H and O–H groups in total. The van der Waals surface area contributed by atoms with Crippen LogP contribution < -0.4 is 5.32 Å². The first kappa shape index (κ1) is 14.6. The van der Waals surface area contributed by atoms with Gasteiger partial charge in [-0.2, -0.15) is 0 Å². The van der Waals surface area contributed by atoms with Crippen LogP contribution in [-0.4, -0.2) is 30.6 Å². The highest BCUT2D eigenvalue weighted by Crippen LogP contribution is 2.27. The zero-order chi connectivity index (χ0) is 14.7. The Balaban J connectivity index is 1.91. The number of likely N-dealkylation sites (N-methyl/N-ethyl adjacent to an activating group) is 1. The standard InChI is InChI=1S/C19H26N2/c1-3-20-19(14-21-13-7-8-15(21)2)18-12-6-10-16-9-4-5-11-17(16)18/h4-6,9-12,15,19-20H,3,7-8,13-14H2,1-2H3. The van der Waals surface area contributed by atoms with Crippen LogP contribution in [0, 0.1) is 0 Å². The normalized spacial score (nSPS) is 21.0. The Morgan fingerprint density at radius 2 is 2.00 bits per heavy atom. The fraction of sp³-hybridized carbons (Fsp3) is 0.474. The Labute approximate surface area is 128 Å². The van der Waals surface area contributed by atoms with Gasteiger partial charge in [-0.3, -0.25) is 4.90 Å². The van der Waals surface area contributed by atoms with Gasteiger partial charge in [-0.05, 0) is 49.2 Å². The van der Waals surface area contributed by atoms with E-state index in [-0.39, 0.29) is 0 Å². The molecule has 1 saturated heterocycles. The van der Waals surface area contributed by atoms with Gasteiger partial charge < -0.3 is 5.32 Å². The van der Waals surface area contributed by atoms with Crippen LogP contribution in [0.4, 0.5) is 0 Å². The minimum absolute atomic E-state index is 0.418. The van der Waals surface area contributed by atoms with Crippen LogP contribution in [-0.2, 0) is 0 Å². The summed E-state index contributed by atoms with van der Waals surface area (Å²) < 4.78 is 0. The highest BCUT2D eigenvalue weighted by molar-refractivity contribution is 5.86. The predicted molar refractivity (Wildman–Crippen MR) is 90.6 cm³/mol. The Morgan fingerprint density at radius 1 is 1.19 bits per heavy atom. The van der Waals surface area contributed by atoms with Crippen molar-refractivity contribution in [2.24, 2.45) is 0 Å². The fourth-order valence-electron chi connectivity index (χ4n) is 3.57. The lowest BCUT2D eigenvalue weighted by molar-refractivity contribution is 0.239. The Morgan fingerprint density at radius 3 is 2.76 bits per heavy atom. The van der Waals surface area contributed by atoms with Gasteiger partial charge >= 0.3 is 0 Å². The van der Waals surface area contributed by atoms with Crippen molar-refractivity contribution >= 4 is 10.8 Å². The lowest BCUT2D eigenvalue weighted by Crippen LogP contribution is -2.37. The molecule has 1 aliphatic rings. The summed E-state index contributed by atoms with van der Waals surface area (Å²) in [6.07, 6.45) is 2.68. The molecule has 0 aliphatic carbocycles. The molecule has 0 radical (unpaired) electrons. The number of hydrogen-bond donors (Lipinski definition) is 1. The first-order chi connectivity index (χ1) is 10.3. The summed E-state index contributed by atoms with van der Waals surface area (Å²) in [5, 5.41) is 6.42. The highest BCUT2D eigenvalue weighted by Gasteiger charge is 2.24. The molecule has 1 heterocycles. The Hall–Kier alpha value is -1.38. The number of rotatable bonds is 5. The van der Waals surface area contributed by atoms with E-state index >= 15 is 0 Å². The largest absolute Gasteiger partial charge is 0.309 e. The lowest BCUT2D eigenvalue weighted by atomic mass is 9.98. The number of likely N-dealkylation sites (tertiary alicyclic amines) is 1. The number of benzene rings is 2. The summed E-state index contributed by atoms with van der Waals surface area (Å²) >= 11 is 0. The molecule has 21 heavy (non-hydrogen) atoms. The molecule has 0 spiro atoms. The van der Waals surface area contributed by atoms with Crippen LogP contribution in [0.3, 0.4) is 0 Å². The molecule has 0 saturated carbocycles. The number of nitrogens with one attached hydrogen (secondary N) is 1. The summed E-state index contributed by atoms with van der Waals surface area (Å²) in [5.74, 6) is 0. The van der Waals surface area contributed by atoms with E-state index in [2.05, 4.69) is 66.5 Å². The maximum absolute atomic E-state index is 3.70. The zero-order valence-electron chi connectivity index (χ0n) is 13.2. The van der Waals surface area contributed by atoms with Crippen molar-refractivity contribution in [3.8, 4) is 0 Å². The van der Waals surface area contributed by atoms with E-state index in [0.717, 1.165) is 19.1 Å². The lowest BCUT2D eigenvalue weighted by Gasteiger charge is -2.28. The number of nitrogens with zero attached hydrogens (tertiary/aromatic N) is 1. The molecule has 112 valence electrons. The molecule has 2 heteroatoms. The van der Waals surface area contributed by atoms with Crippen molar-refractivity contribution in [1.82, 2.24) is 10.2 Å². The quantitative estimate of drug-likeness (QED) is 0.892. The summed E-state index contributed by atoms with van der Waals surface area (Å²) in [6.45, 7) is 7.93. The predicted octanol–water partition coefficient (Wildman–Crippen LogP) is 3.97. The molecular weight excluding hydrogens is 256 g/mol. The van der Waals surface area contributed by atoms with Crippen LogP contribution in [0.2, 0.25) is 0 Å². The third-order valence-electron chi connectivity index (χ3n) is 4.76. The van der Waals surface area contributed by atoms with Gasteiger partial charge in [0.1, 0.15) is 0 Å². The molecule has 0 bridgehead atoms. The second-order valence-corrected chi connectivity index (χ2v) is 6.16. The molecule has 2 aromatic rings. The van der Waals surface area contributed by atoms with Crippen LogP contribution in [0.25, 0.3) is 10.8 Å². The van der Waals surface area contributed by atoms with Crippen molar-refractivity contribution in [3.05, 3.63) is 48.0 Å². The number of fused-ring (bicyclic) bond motifs is 1. The minimum Gasteiger partial charge on any atom is -0.309 e. The molecule has 1 fully saturated rings. The molecule has 0 aromatic heterocycles. The summed E-state index contributed by atoms with van der Waals surface area (Å²) in [4.78, 5) is 2.63. The molecule has 1 aliphatic heterocycles. The monoisotopic (exact) mass is 282 g/mol. The zero-order valence-corrected chi connectivity index (χ0v) is 13.2. The second-order valence-electron chi connectivity index (χ2n) is 6.16. The summed E-state index contributed by atoms with van der Waals surface area (Å²) in [7, 11) is 0. The molecule has 0 amide bonds. The van der Waals surface area contributed by atoms with Crippen LogP contribution in [0.5, 0.6) is 0 Å². The topological polar surface area (TPSA) is 15.3 Å². The fourth-order valence-corrected chi connectivity index (χ4v) is 3.57. The van der Waals surface area contributed by atoms with E-state index in [4.69, 9.17) is 0 Å². The van der Waals surface area contributed by atoms with Gasteiger partial charge in [0, 0.05) is 18.6 Å². The van der Waals surface area contributed by atoms with E-state index < -0.39 is 0 Å². The molecule has 2 atom stereocenters. The summed E-state index contributed by atoms with van der Waals surface area (Å²) in [5.41, 5.74) is 1.44. The molecular formula is C19H26N2. The molecule has 2 aromatic carbocycles. The van der Waals surface area contributed by atoms with Crippen LogP contribution >= 0.6 is 0 Å². The second kappa shape index (κ2) is 6.59. The maximum Gasteiger partial charge on any atom is 0.0455 e. The molecule has 3 rings (SSSR count). The van der Waals surface area contributed by atoms with E-state index in [1.165, 1.54) is 35.7 Å². The Bertz CT molecular complexity index is 588.